The molecule has 1 N–H and O–H groups in total. The highest BCUT2D eigenvalue weighted by molar-refractivity contribution is 7.07. The van der Waals surface area contributed by atoms with Crippen molar-refractivity contribution in [2.45, 2.75) is 25.9 Å². The molecule has 0 saturated heterocycles. The number of ether oxygens (including phenoxy) is 1. The lowest BCUT2D eigenvalue weighted by Crippen LogP contribution is -2.36. The molecule has 2 heterocycles. The number of amides is 1. The highest BCUT2D eigenvalue weighted by Crippen LogP contribution is 2.37. The second-order valence-electron chi connectivity index (χ2n) is 5.14. The maximum atomic E-state index is 12.2. The number of carbonyl (C=O) groups is 1. The third kappa shape index (κ3) is 2.89. The molecule has 5 nitrogen and oxygen atoms in total. The van der Waals surface area contributed by atoms with Crippen LogP contribution in [0.1, 0.15) is 23.7 Å². The Morgan fingerprint density at radius 2 is 2.36 bits per heavy atom. The lowest BCUT2D eigenvalue weighted by molar-refractivity contribution is -0.122. The van der Waals surface area contributed by atoms with Gasteiger partial charge in [-0.15, -0.1) is 0 Å². The molecule has 0 bridgehead atoms. The van der Waals surface area contributed by atoms with E-state index in [1.54, 1.807) is 11.4 Å². The average molecular weight is 339 g/mol. The van der Waals surface area contributed by atoms with Gasteiger partial charge in [-0.2, -0.15) is 0 Å². The topological polar surface area (TPSA) is 60.3 Å². The summed E-state index contributed by atoms with van der Waals surface area (Å²) in [4.78, 5) is 23.8. The van der Waals surface area contributed by atoms with Gasteiger partial charge >= 0.3 is 4.87 Å². The number of benzene rings is 1. The van der Waals surface area contributed by atoms with E-state index in [-0.39, 0.29) is 23.4 Å². The molecule has 2 aromatic rings. The Balaban J connectivity index is 1.76. The molecule has 1 aliphatic rings. The summed E-state index contributed by atoms with van der Waals surface area (Å²) < 4.78 is 7.04. The van der Waals surface area contributed by atoms with Crippen LogP contribution in [0.15, 0.2) is 28.4 Å². The third-order valence-electron chi connectivity index (χ3n) is 3.64. The second kappa shape index (κ2) is 6.14. The SMILES string of the molecule is Cc1csc(=O)n1CC(=O)NC1CCOc2c(Cl)cccc21. The van der Waals surface area contributed by atoms with E-state index in [0.29, 0.717) is 23.8 Å². The summed E-state index contributed by atoms with van der Waals surface area (Å²) >= 11 is 7.22. The number of para-hydroxylation sites is 1. The fourth-order valence-electron chi connectivity index (χ4n) is 2.52. The van der Waals surface area contributed by atoms with Gasteiger partial charge in [-0.25, -0.2) is 0 Å². The number of aryl methyl sites for hydroxylation is 1. The summed E-state index contributed by atoms with van der Waals surface area (Å²) in [6.45, 7) is 2.34. The van der Waals surface area contributed by atoms with Crippen LogP contribution >= 0.6 is 22.9 Å². The fraction of sp³-hybridized carbons (Fsp3) is 0.333. The van der Waals surface area contributed by atoms with Crippen molar-refractivity contribution in [2.24, 2.45) is 0 Å². The van der Waals surface area contributed by atoms with Crippen LogP contribution < -0.4 is 14.9 Å². The molecule has 3 rings (SSSR count). The molecule has 1 aromatic heterocycles. The first-order valence-corrected chi connectivity index (χ1v) is 8.17. The number of nitrogens with zero attached hydrogens (tertiary/aromatic N) is 1. The third-order valence-corrected chi connectivity index (χ3v) is 4.82. The van der Waals surface area contributed by atoms with Crippen LogP contribution in [0.4, 0.5) is 0 Å². The molecule has 7 heteroatoms. The number of thiazole rings is 1. The first-order valence-electron chi connectivity index (χ1n) is 6.92. The van der Waals surface area contributed by atoms with E-state index >= 15 is 0 Å². The van der Waals surface area contributed by atoms with Crippen molar-refractivity contribution in [3.05, 3.63) is 49.5 Å². The summed E-state index contributed by atoms with van der Waals surface area (Å²) in [5.41, 5.74) is 1.67. The molecule has 1 atom stereocenters. The minimum Gasteiger partial charge on any atom is -0.492 e. The normalized spacial score (nSPS) is 16.7. The van der Waals surface area contributed by atoms with E-state index in [1.165, 1.54) is 4.57 Å². The highest BCUT2D eigenvalue weighted by Gasteiger charge is 2.24. The van der Waals surface area contributed by atoms with Crippen LogP contribution in [-0.4, -0.2) is 17.1 Å². The predicted octanol–water partition coefficient (Wildman–Crippen LogP) is 2.51. The Labute approximate surface area is 136 Å². The van der Waals surface area contributed by atoms with Gasteiger partial charge in [0.25, 0.3) is 0 Å². The highest BCUT2D eigenvalue weighted by atomic mass is 35.5. The summed E-state index contributed by atoms with van der Waals surface area (Å²) in [6, 6.07) is 5.35. The summed E-state index contributed by atoms with van der Waals surface area (Å²) in [6.07, 6.45) is 0.677. The predicted molar refractivity (Wildman–Crippen MR) is 85.8 cm³/mol. The van der Waals surface area contributed by atoms with E-state index in [2.05, 4.69) is 5.32 Å². The molecule has 1 unspecified atom stereocenters. The van der Waals surface area contributed by atoms with Crippen molar-refractivity contribution in [3.8, 4) is 5.75 Å². The molecule has 1 amide bonds. The molecule has 1 aliphatic heterocycles. The molecule has 1 aromatic carbocycles. The molecule has 0 saturated carbocycles. The van der Waals surface area contributed by atoms with Crippen molar-refractivity contribution in [3.63, 3.8) is 0 Å². The largest absolute Gasteiger partial charge is 0.492 e. The molecule has 116 valence electrons. The van der Waals surface area contributed by atoms with Gasteiger partial charge in [0.1, 0.15) is 12.3 Å². The van der Waals surface area contributed by atoms with Gasteiger partial charge in [-0.3, -0.25) is 14.2 Å². The van der Waals surface area contributed by atoms with Crippen molar-refractivity contribution >= 4 is 28.8 Å². The minimum atomic E-state index is -0.193. The monoisotopic (exact) mass is 338 g/mol. The zero-order valence-electron chi connectivity index (χ0n) is 12.0. The number of fused-ring (bicyclic) bond motifs is 1. The smallest absolute Gasteiger partial charge is 0.307 e. The van der Waals surface area contributed by atoms with Crippen LogP contribution in [0, 0.1) is 6.92 Å². The Hall–Kier alpha value is -1.79. The van der Waals surface area contributed by atoms with Crippen molar-refractivity contribution in [1.29, 1.82) is 0 Å². The fourth-order valence-corrected chi connectivity index (χ4v) is 3.49. The van der Waals surface area contributed by atoms with Crippen LogP contribution in [0.3, 0.4) is 0 Å². The molecule has 0 spiro atoms. The number of nitrogens with one attached hydrogen (secondary N) is 1. The zero-order chi connectivity index (χ0) is 15.7. The maximum Gasteiger partial charge on any atom is 0.307 e. The van der Waals surface area contributed by atoms with Gasteiger partial charge in [0.05, 0.1) is 17.7 Å². The van der Waals surface area contributed by atoms with Crippen molar-refractivity contribution in [2.75, 3.05) is 6.61 Å². The Kier molecular flexibility index (Phi) is 4.22. The van der Waals surface area contributed by atoms with Gasteiger partial charge in [-0.1, -0.05) is 35.1 Å². The lowest BCUT2D eigenvalue weighted by atomic mass is 10.0. The standard InChI is InChI=1S/C15H15ClN2O3S/c1-9-8-22-15(20)18(9)7-13(19)17-12-5-6-21-14-10(12)3-2-4-11(14)16/h2-4,8,12H,5-7H2,1H3,(H,17,19). The summed E-state index contributed by atoms with van der Waals surface area (Å²) in [5.74, 6) is 0.436. The molecule has 0 aliphatic carbocycles. The number of hydrogen-bond acceptors (Lipinski definition) is 4. The number of rotatable bonds is 3. The van der Waals surface area contributed by atoms with E-state index in [4.69, 9.17) is 16.3 Å². The Morgan fingerprint density at radius 3 is 3.09 bits per heavy atom. The second-order valence-corrected chi connectivity index (χ2v) is 6.37. The van der Waals surface area contributed by atoms with E-state index in [9.17, 15) is 9.59 Å². The van der Waals surface area contributed by atoms with Gasteiger partial charge in [0, 0.05) is 23.1 Å². The number of halogens is 1. The Morgan fingerprint density at radius 1 is 1.55 bits per heavy atom. The first kappa shape index (κ1) is 15.1. The zero-order valence-corrected chi connectivity index (χ0v) is 13.5. The van der Waals surface area contributed by atoms with Crippen molar-refractivity contribution in [1.82, 2.24) is 9.88 Å². The molecule has 0 fully saturated rings. The van der Waals surface area contributed by atoms with Gasteiger partial charge in [0.15, 0.2) is 0 Å². The van der Waals surface area contributed by atoms with Crippen LogP contribution in [-0.2, 0) is 11.3 Å². The van der Waals surface area contributed by atoms with E-state index < -0.39 is 0 Å². The van der Waals surface area contributed by atoms with E-state index in [1.807, 2.05) is 19.1 Å². The lowest BCUT2D eigenvalue weighted by Gasteiger charge is -2.27. The van der Waals surface area contributed by atoms with Crippen molar-refractivity contribution < 1.29 is 9.53 Å². The Bertz CT molecular complexity index is 768. The van der Waals surface area contributed by atoms with Crippen LogP contribution in [0.5, 0.6) is 5.75 Å². The number of hydrogen-bond donors (Lipinski definition) is 1. The van der Waals surface area contributed by atoms with Crippen LogP contribution in [0.2, 0.25) is 5.02 Å². The van der Waals surface area contributed by atoms with E-state index in [0.717, 1.165) is 22.6 Å². The quantitative estimate of drug-likeness (QED) is 0.935. The van der Waals surface area contributed by atoms with Crippen LogP contribution in [0.25, 0.3) is 0 Å². The number of carbonyl (C=O) groups excluding carboxylic acids is 1. The molecule has 0 radical (unpaired) electrons. The number of aromatic nitrogens is 1. The van der Waals surface area contributed by atoms with Gasteiger partial charge in [0.2, 0.25) is 5.91 Å². The van der Waals surface area contributed by atoms with Gasteiger partial charge < -0.3 is 10.1 Å². The molecular formula is C15H15ClN2O3S. The first-order chi connectivity index (χ1) is 10.6. The average Bonchev–Trinajstić information content (AvgIpc) is 2.80. The maximum absolute atomic E-state index is 12.2. The molecular weight excluding hydrogens is 324 g/mol. The summed E-state index contributed by atoms with van der Waals surface area (Å²) in [5, 5.41) is 5.25. The van der Waals surface area contributed by atoms with Gasteiger partial charge in [-0.05, 0) is 13.0 Å². The summed E-state index contributed by atoms with van der Waals surface area (Å²) in [7, 11) is 0. The minimum absolute atomic E-state index is 0.0292. The molecule has 22 heavy (non-hydrogen) atoms.